The van der Waals surface area contributed by atoms with E-state index in [0.29, 0.717) is 12.1 Å². The summed E-state index contributed by atoms with van der Waals surface area (Å²) in [6.45, 7) is 9.18. The molecule has 174 valence electrons. The molecule has 1 aliphatic heterocycles. The van der Waals surface area contributed by atoms with Gasteiger partial charge in [0.2, 0.25) is 0 Å². The van der Waals surface area contributed by atoms with E-state index in [1.54, 1.807) is 7.11 Å². The number of nitrogens with one attached hydrogen (secondary N) is 2. The van der Waals surface area contributed by atoms with Crippen LogP contribution in [0.5, 0.6) is 5.75 Å². The molecule has 0 bridgehead atoms. The average Bonchev–Trinajstić information content (AvgIpc) is 3.27. The molecule has 0 spiro atoms. The number of methoxy groups -OCH3 is 1. The molecule has 2 aliphatic rings. The molecule has 0 amide bonds. The first-order valence-corrected chi connectivity index (χ1v) is 12.0. The van der Waals surface area contributed by atoms with E-state index < -0.39 is 0 Å². The van der Waals surface area contributed by atoms with Crippen LogP contribution in [0.2, 0.25) is 0 Å². The summed E-state index contributed by atoms with van der Waals surface area (Å²) in [4.78, 5) is 7.03. The van der Waals surface area contributed by atoms with Gasteiger partial charge in [-0.25, -0.2) is 0 Å². The molecular formula is C25H42N4O2. The number of likely N-dealkylation sites (tertiary alicyclic amines) is 1. The van der Waals surface area contributed by atoms with E-state index in [4.69, 9.17) is 9.47 Å². The van der Waals surface area contributed by atoms with Crippen molar-refractivity contribution in [2.24, 2.45) is 4.99 Å². The first-order valence-electron chi connectivity index (χ1n) is 12.0. The van der Waals surface area contributed by atoms with E-state index >= 15 is 0 Å². The van der Waals surface area contributed by atoms with Gasteiger partial charge in [-0.15, -0.1) is 0 Å². The number of hydrogen-bond acceptors (Lipinski definition) is 4. The third-order valence-corrected chi connectivity index (χ3v) is 6.85. The molecule has 0 aromatic heterocycles. The minimum atomic E-state index is 0.159. The van der Waals surface area contributed by atoms with E-state index in [0.717, 1.165) is 57.3 Å². The monoisotopic (exact) mass is 430 g/mol. The number of guanidine groups is 1. The largest absolute Gasteiger partial charge is 0.497 e. The SMILES string of the molecule is CN=C(NCC1(c2cccc(OC)c2)CCCC1)NC1CCN(CCOC(C)C)CC1. The summed E-state index contributed by atoms with van der Waals surface area (Å²) in [5, 5.41) is 7.33. The van der Waals surface area contributed by atoms with Crippen molar-refractivity contribution in [2.45, 2.75) is 69.9 Å². The van der Waals surface area contributed by atoms with Crippen LogP contribution in [0, 0.1) is 0 Å². The molecule has 1 saturated heterocycles. The summed E-state index contributed by atoms with van der Waals surface area (Å²) in [7, 11) is 3.62. The Bertz CT molecular complexity index is 693. The highest BCUT2D eigenvalue weighted by Crippen LogP contribution is 2.41. The second kappa shape index (κ2) is 11.7. The number of nitrogens with zero attached hydrogens (tertiary/aromatic N) is 2. The summed E-state index contributed by atoms with van der Waals surface area (Å²) in [6, 6.07) is 9.08. The number of rotatable bonds is 9. The lowest BCUT2D eigenvalue weighted by Gasteiger charge is -2.34. The van der Waals surface area contributed by atoms with Gasteiger partial charge >= 0.3 is 0 Å². The lowest BCUT2D eigenvalue weighted by molar-refractivity contribution is 0.0532. The van der Waals surface area contributed by atoms with Gasteiger partial charge in [-0.1, -0.05) is 25.0 Å². The van der Waals surface area contributed by atoms with Crippen molar-refractivity contribution in [3.8, 4) is 5.75 Å². The van der Waals surface area contributed by atoms with Gasteiger partial charge in [0.05, 0.1) is 19.8 Å². The maximum atomic E-state index is 5.70. The van der Waals surface area contributed by atoms with Gasteiger partial charge in [-0.2, -0.15) is 0 Å². The lowest BCUT2D eigenvalue weighted by Crippen LogP contribution is -2.51. The molecule has 1 saturated carbocycles. The summed E-state index contributed by atoms with van der Waals surface area (Å²) in [5.41, 5.74) is 1.54. The molecular weight excluding hydrogens is 388 g/mol. The number of benzene rings is 1. The molecule has 0 atom stereocenters. The zero-order chi connectivity index (χ0) is 22.1. The predicted molar refractivity (Wildman–Crippen MR) is 128 cm³/mol. The van der Waals surface area contributed by atoms with Crippen molar-refractivity contribution in [2.75, 3.05) is 46.9 Å². The number of aliphatic imine (C=N–C) groups is 1. The summed E-state index contributed by atoms with van der Waals surface area (Å²) >= 11 is 0. The maximum Gasteiger partial charge on any atom is 0.191 e. The molecule has 31 heavy (non-hydrogen) atoms. The van der Waals surface area contributed by atoms with Crippen LogP contribution in [0.1, 0.15) is 57.9 Å². The number of ether oxygens (including phenoxy) is 2. The molecule has 1 heterocycles. The second-order valence-corrected chi connectivity index (χ2v) is 9.32. The van der Waals surface area contributed by atoms with Gasteiger partial charge in [-0.3, -0.25) is 4.99 Å². The molecule has 2 N–H and O–H groups in total. The first-order chi connectivity index (χ1) is 15.0. The quantitative estimate of drug-likeness (QED) is 0.463. The Balaban J connectivity index is 1.49. The van der Waals surface area contributed by atoms with E-state index in [1.165, 1.54) is 31.2 Å². The van der Waals surface area contributed by atoms with E-state index in [1.807, 2.05) is 13.1 Å². The average molecular weight is 431 g/mol. The molecule has 6 heteroatoms. The van der Waals surface area contributed by atoms with Crippen LogP contribution < -0.4 is 15.4 Å². The standard InChI is InChI=1S/C25H42N4O2/c1-20(2)31-17-16-29-14-10-22(11-15-29)28-24(26-3)27-19-25(12-5-6-13-25)21-8-7-9-23(18-21)30-4/h7-9,18,20,22H,5-6,10-17,19H2,1-4H3,(H2,26,27,28). The normalized spacial score (nSPS) is 20.2. The van der Waals surface area contributed by atoms with Crippen LogP contribution in [0.3, 0.4) is 0 Å². The molecule has 3 rings (SSSR count). The van der Waals surface area contributed by atoms with Crippen LogP contribution in [-0.2, 0) is 10.2 Å². The number of piperidine rings is 1. The van der Waals surface area contributed by atoms with Crippen LogP contribution in [0.4, 0.5) is 0 Å². The van der Waals surface area contributed by atoms with Crippen molar-refractivity contribution in [1.29, 1.82) is 0 Å². The fraction of sp³-hybridized carbons (Fsp3) is 0.720. The third kappa shape index (κ3) is 6.84. The lowest BCUT2D eigenvalue weighted by atomic mass is 9.78. The van der Waals surface area contributed by atoms with Crippen molar-refractivity contribution in [3.63, 3.8) is 0 Å². The summed E-state index contributed by atoms with van der Waals surface area (Å²) < 4.78 is 11.2. The van der Waals surface area contributed by atoms with Gasteiger partial charge < -0.3 is 25.0 Å². The Hall–Kier alpha value is -1.79. The minimum Gasteiger partial charge on any atom is -0.497 e. The van der Waals surface area contributed by atoms with Crippen molar-refractivity contribution >= 4 is 5.96 Å². The van der Waals surface area contributed by atoms with Gasteiger partial charge in [0.15, 0.2) is 5.96 Å². The Morgan fingerprint density at radius 1 is 1.23 bits per heavy atom. The third-order valence-electron chi connectivity index (χ3n) is 6.85. The fourth-order valence-electron chi connectivity index (χ4n) is 4.93. The zero-order valence-electron chi connectivity index (χ0n) is 20.0. The van der Waals surface area contributed by atoms with Crippen molar-refractivity contribution in [1.82, 2.24) is 15.5 Å². The van der Waals surface area contributed by atoms with Crippen LogP contribution in [-0.4, -0.2) is 69.9 Å². The van der Waals surface area contributed by atoms with Gasteiger partial charge in [0.1, 0.15) is 5.75 Å². The van der Waals surface area contributed by atoms with E-state index in [9.17, 15) is 0 Å². The highest BCUT2D eigenvalue weighted by atomic mass is 16.5. The summed E-state index contributed by atoms with van der Waals surface area (Å²) in [6.07, 6.45) is 7.58. The van der Waals surface area contributed by atoms with Crippen LogP contribution in [0.25, 0.3) is 0 Å². The zero-order valence-corrected chi connectivity index (χ0v) is 20.0. The topological polar surface area (TPSA) is 58.1 Å². The maximum absolute atomic E-state index is 5.70. The Morgan fingerprint density at radius 3 is 2.61 bits per heavy atom. The Kier molecular flexibility index (Phi) is 9.02. The second-order valence-electron chi connectivity index (χ2n) is 9.32. The molecule has 0 radical (unpaired) electrons. The Morgan fingerprint density at radius 2 is 1.97 bits per heavy atom. The first kappa shape index (κ1) is 23.9. The van der Waals surface area contributed by atoms with Crippen molar-refractivity contribution in [3.05, 3.63) is 29.8 Å². The number of hydrogen-bond donors (Lipinski definition) is 2. The molecule has 1 aromatic carbocycles. The van der Waals surface area contributed by atoms with Crippen LogP contribution >= 0.6 is 0 Å². The predicted octanol–water partition coefficient (Wildman–Crippen LogP) is 3.56. The van der Waals surface area contributed by atoms with E-state index in [-0.39, 0.29) is 5.41 Å². The molecule has 6 nitrogen and oxygen atoms in total. The Labute approximate surface area is 188 Å². The van der Waals surface area contributed by atoms with E-state index in [2.05, 4.69) is 52.6 Å². The highest BCUT2D eigenvalue weighted by Gasteiger charge is 2.36. The fourth-order valence-corrected chi connectivity index (χ4v) is 4.93. The summed E-state index contributed by atoms with van der Waals surface area (Å²) in [5.74, 6) is 1.87. The molecule has 0 unspecified atom stereocenters. The van der Waals surface area contributed by atoms with Gasteiger partial charge in [-0.05, 0) is 57.2 Å². The minimum absolute atomic E-state index is 0.159. The van der Waals surface area contributed by atoms with Crippen LogP contribution in [0.15, 0.2) is 29.3 Å². The van der Waals surface area contributed by atoms with Crippen molar-refractivity contribution < 1.29 is 9.47 Å². The smallest absolute Gasteiger partial charge is 0.191 e. The molecule has 1 aromatic rings. The van der Waals surface area contributed by atoms with Gasteiger partial charge in [0, 0.05) is 44.7 Å². The highest BCUT2D eigenvalue weighted by molar-refractivity contribution is 5.80. The molecule has 1 aliphatic carbocycles. The van der Waals surface area contributed by atoms with Gasteiger partial charge in [0.25, 0.3) is 0 Å². The molecule has 2 fully saturated rings.